The van der Waals surface area contributed by atoms with Crippen molar-refractivity contribution in [2.75, 3.05) is 5.43 Å². The van der Waals surface area contributed by atoms with Crippen LogP contribution < -0.4 is 5.43 Å². The van der Waals surface area contributed by atoms with Gasteiger partial charge in [-0.1, -0.05) is 30.3 Å². The second kappa shape index (κ2) is 5.38. The van der Waals surface area contributed by atoms with Crippen molar-refractivity contribution in [3.05, 3.63) is 66.0 Å². The second-order valence-corrected chi connectivity index (χ2v) is 5.38. The van der Waals surface area contributed by atoms with E-state index in [2.05, 4.69) is 5.43 Å². The molecule has 0 saturated carbocycles. The van der Waals surface area contributed by atoms with Gasteiger partial charge in [0.2, 0.25) is 5.60 Å². The van der Waals surface area contributed by atoms with E-state index in [1.54, 1.807) is 6.92 Å². The van der Waals surface area contributed by atoms with Crippen LogP contribution in [0.5, 0.6) is 0 Å². The highest BCUT2D eigenvalue weighted by Crippen LogP contribution is 2.34. The highest BCUT2D eigenvalue weighted by Gasteiger charge is 2.50. The molecule has 1 unspecified atom stereocenters. The topological polar surface area (TPSA) is 41.6 Å². The highest BCUT2D eigenvalue weighted by atomic mass is 32.1. The smallest absolute Gasteiger partial charge is 0.297 e. The first-order valence-electron chi connectivity index (χ1n) is 6.66. The quantitative estimate of drug-likeness (QED) is 0.883. The molecule has 0 aliphatic carbocycles. The predicted octanol–water partition coefficient (Wildman–Crippen LogP) is 3.21. The molecule has 22 heavy (non-hydrogen) atoms. The molecule has 3 rings (SSSR count). The molecule has 1 aliphatic heterocycles. The van der Waals surface area contributed by atoms with E-state index in [1.165, 1.54) is 24.3 Å². The Kier molecular flexibility index (Phi) is 3.54. The number of amides is 1. The number of nitrogens with zero attached hydrogens (tertiary/aromatic N) is 1. The van der Waals surface area contributed by atoms with Crippen molar-refractivity contribution in [3.8, 4) is 0 Å². The van der Waals surface area contributed by atoms with E-state index >= 15 is 0 Å². The number of hydrogen-bond donors (Lipinski definition) is 1. The van der Waals surface area contributed by atoms with Crippen molar-refractivity contribution in [3.63, 3.8) is 0 Å². The normalized spacial score (nSPS) is 20.9. The maximum atomic E-state index is 12.9. The summed E-state index contributed by atoms with van der Waals surface area (Å²) in [5.41, 5.74) is 2.92. The molecule has 0 radical (unpaired) electrons. The van der Waals surface area contributed by atoms with Crippen molar-refractivity contribution in [1.82, 2.24) is 5.01 Å². The average molecular weight is 316 g/mol. The fourth-order valence-electron chi connectivity index (χ4n) is 2.25. The number of carbonyl (C=O) groups excluding carboxylic acids is 1. The molecule has 0 spiro atoms. The van der Waals surface area contributed by atoms with Crippen LogP contribution >= 0.6 is 12.2 Å². The van der Waals surface area contributed by atoms with Gasteiger partial charge in [-0.2, -0.15) is 5.01 Å². The number of anilines is 1. The molecule has 1 aliphatic rings. The summed E-state index contributed by atoms with van der Waals surface area (Å²) in [4.78, 5) is 12.7. The number of rotatable bonds is 3. The van der Waals surface area contributed by atoms with Gasteiger partial charge in [0.05, 0.1) is 5.69 Å². The fraction of sp³-hybridized carbons (Fsp3) is 0.125. The third kappa shape index (κ3) is 2.42. The van der Waals surface area contributed by atoms with Crippen LogP contribution in [0.25, 0.3) is 0 Å². The van der Waals surface area contributed by atoms with Gasteiger partial charge in [0.1, 0.15) is 5.82 Å². The zero-order chi connectivity index (χ0) is 15.7. The molecule has 0 aromatic heterocycles. The lowest BCUT2D eigenvalue weighted by Crippen LogP contribution is -2.39. The standard InChI is InChI=1S/C16H13FN2O2S/c1-16(11-5-3-2-4-6-11)14(20)19(15(22)21-16)18-13-9-7-12(17)8-10-13/h2-10,18H,1H3. The molecule has 1 heterocycles. The zero-order valence-corrected chi connectivity index (χ0v) is 12.6. The van der Waals surface area contributed by atoms with Crippen LogP contribution in [0.1, 0.15) is 12.5 Å². The monoisotopic (exact) mass is 316 g/mol. The first kappa shape index (κ1) is 14.5. The van der Waals surface area contributed by atoms with Crippen LogP contribution in [0.15, 0.2) is 54.6 Å². The SMILES string of the molecule is CC1(c2ccccc2)OC(=S)N(Nc2ccc(F)cc2)C1=O. The van der Waals surface area contributed by atoms with E-state index in [9.17, 15) is 9.18 Å². The number of thiocarbonyl (C=S) groups is 1. The molecule has 1 saturated heterocycles. The van der Waals surface area contributed by atoms with Gasteiger partial charge in [-0.15, -0.1) is 0 Å². The van der Waals surface area contributed by atoms with Crippen LogP contribution in [0.2, 0.25) is 0 Å². The van der Waals surface area contributed by atoms with Crippen LogP contribution in [0, 0.1) is 5.82 Å². The van der Waals surface area contributed by atoms with Gasteiger partial charge in [-0.25, -0.2) is 4.39 Å². The summed E-state index contributed by atoms with van der Waals surface area (Å²) < 4.78 is 18.6. The van der Waals surface area contributed by atoms with Crippen molar-refractivity contribution in [2.24, 2.45) is 0 Å². The number of halogens is 1. The number of hydrazine groups is 1. The van der Waals surface area contributed by atoms with Gasteiger partial charge in [-0.3, -0.25) is 10.2 Å². The minimum absolute atomic E-state index is 0.0284. The van der Waals surface area contributed by atoms with E-state index < -0.39 is 5.60 Å². The Morgan fingerprint density at radius 2 is 1.77 bits per heavy atom. The van der Waals surface area contributed by atoms with E-state index in [0.717, 1.165) is 5.01 Å². The molecular formula is C16H13FN2O2S. The number of ether oxygens (including phenoxy) is 1. The first-order chi connectivity index (χ1) is 10.5. The van der Waals surface area contributed by atoms with Crippen LogP contribution in [0.3, 0.4) is 0 Å². The van der Waals surface area contributed by atoms with Gasteiger partial charge in [0, 0.05) is 5.56 Å². The maximum Gasteiger partial charge on any atom is 0.297 e. The molecule has 4 nitrogen and oxygen atoms in total. The third-order valence-electron chi connectivity index (χ3n) is 3.49. The maximum absolute atomic E-state index is 12.9. The third-order valence-corrected chi connectivity index (χ3v) is 3.76. The van der Waals surface area contributed by atoms with Gasteiger partial charge in [-0.05, 0) is 43.4 Å². The largest absolute Gasteiger partial charge is 0.448 e. The van der Waals surface area contributed by atoms with Crippen LogP contribution in [-0.2, 0) is 15.1 Å². The summed E-state index contributed by atoms with van der Waals surface area (Å²) in [7, 11) is 0. The van der Waals surface area contributed by atoms with E-state index in [-0.39, 0.29) is 16.9 Å². The predicted molar refractivity (Wildman–Crippen MR) is 84.3 cm³/mol. The van der Waals surface area contributed by atoms with Crippen molar-refractivity contribution in [1.29, 1.82) is 0 Å². The number of hydrogen-bond acceptors (Lipinski definition) is 4. The Hall–Kier alpha value is -2.47. The van der Waals surface area contributed by atoms with Crippen molar-refractivity contribution in [2.45, 2.75) is 12.5 Å². The zero-order valence-electron chi connectivity index (χ0n) is 11.7. The molecule has 1 atom stereocenters. The van der Waals surface area contributed by atoms with Crippen molar-refractivity contribution >= 4 is 29.0 Å². The van der Waals surface area contributed by atoms with Crippen LogP contribution in [-0.4, -0.2) is 16.1 Å². The summed E-state index contributed by atoms with van der Waals surface area (Å²) >= 11 is 5.14. The summed E-state index contributed by atoms with van der Waals surface area (Å²) in [6, 6.07) is 14.8. The molecule has 0 bridgehead atoms. The summed E-state index contributed by atoms with van der Waals surface area (Å²) in [6.45, 7) is 1.67. The molecule has 112 valence electrons. The Bertz CT molecular complexity index is 721. The Balaban J connectivity index is 1.87. The minimum Gasteiger partial charge on any atom is -0.448 e. The van der Waals surface area contributed by atoms with E-state index in [0.29, 0.717) is 11.3 Å². The lowest BCUT2D eigenvalue weighted by atomic mass is 9.95. The van der Waals surface area contributed by atoms with Crippen LogP contribution in [0.4, 0.5) is 10.1 Å². The lowest BCUT2D eigenvalue weighted by molar-refractivity contribution is -0.135. The Morgan fingerprint density at radius 3 is 2.41 bits per heavy atom. The fourth-order valence-corrected chi connectivity index (χ4v) is 2.54. The molecule has 1 fully saturated rings. The van der Waals surface area contributed by atoms with E-state index in [1.807, 2.05) is 30.3 Å². The molecule has 2 aromatic carbocycles. The Labute approximate surface area is 132 Å². The van der Waals surface area contributed by atoms with Crippen molar-refractivity contribution < 1.29 is 13.9 Å². The minimum atomic E-state index is -1.18. The van der Waals surface area contributed by atoms with Gasteiger partial charge >= 0.3 is 0 Å². The first-order valence-corrected chi connectivity index (χ1v) is 7.07. The second-order valence-electron chi connectivity index (χ2n) is 5.03. The molecule has 1 N–H and O–H groups in total. The summed E-state index contributed by atoms with van der Waals surface area (Å²) in [5.74, 6) is -0.681. The van der Waals surface area contributed by atoms with Gasteiger partial charge in [0.15, 0.2) is 0 Å². The number of nitrogens with one attached hydrogen (secondary N) is 1. The highest BCUT2D eigenvalue weighted by molar-refractivity contribution is 7.80. The van der Waals surface area contributed by atoms with E-state index in [4.69, 9.17) is 17.0 Å². The van der Waals surface area contributed by atoms with Gasteiger partial charge in [0.25, 0.3) is 11.1 Å². The lowest BCUT2D eigenvalue weighted by Gasteiger charge is -2.21. The molecule has 6 heteroatoms. The summed E-state index contributed by atoms with van der Waals surface area (Å²) in [5, 5.41) is 1.19. The average Bonchev–Trinajstić information content (AvgIpc) is 2.75. The number of benzene rings is 2. The molecular weight excluding hydrogens is 303 g/mol. The van der Waals surface area contributed by atoms with Gasteiger partial charge < -0.3 is 4.74 Å². The number of carbonyl (C=O) groups is 1. The Morgan fingerprint density at radius 1 is 1.14 bits per heavy atom. The summed E-state index contributed by atoms with van der Waals surface area (Å²) in [6.07, 6.45) is 0. The molecule has 2 aromatic rings. The molecule has 1 amide bonds.